The zero-order valence-electron chi connectivity index (χ0n) is 17.6. The van der Waals surface area contributed by atoms with E-state index in [4.69, 9.17) is 34.8 Å². The summed E-state index contributed by atoms with van der Waals surface area (Å²) in [5.74, 6) is -0.446. The second-order valence-corrected chi connectivity index (χ2v) is 8.51. The average Bonchev–Trinajstić information content (AvgIpc) is 2.79. The highest BCUT2D eigenvalue weighted by molar-refractivity contribution is 6.38. The van der Waals surface area contributed by atoms with E-state index in [2.05, 4.69) is 20.2 Å². The molecule has 2 aromatic heterocycles. The minimum atomic E-state index is -0.446. The molecule has 0 saturated heterocycles. The van der Waals surface area contributed by atoms with Crippen molar-refractivity contribution in [3.8, 4) is 33.6 Å². The third-order valence-corrected chi connectivity index (χ3v) is 5.44. The Kier molecular flexibility index (Phi) is 6.88. The molecule has 2 heterocycles. The van der Waals surface area contributed by atoms with Gasteiger partial charge in [0.05, 0.1) is 33.3 Å². The summed E-state index contributed by atoms with van der Waals surface area (Å²) in [6, 6.07) is 15.3. The molecule has 4 aromatic rings. The van der Waals surface area contributed by atoms with Gasteiger partial charge in [-0.2, -0.15) is 0 Å². The molecule has 0 radical (unpaired) electrons. The highest BCUT2D eigenvalue weighted by Gasteiger charge is 2.24. The van der Waals surface area contributed by atoms with Crippen molar-refractivity contribution in [3.05, 3.63) is 81.8 Å². The van der Waals surface area contributed by atoms with Crippen LogP contribution in [-0.2, 0) is 0 Å². The second kappa shape index (κ2) is 9.83. The van der Waals surface area contributed by atoms with E-state index in [1.807, 2.05) is 43.3 Å². The summed E-state index contributed by atoms with van der Waals surface area (Å²) in [5, 5.41) is 9.07. The van der Waals surface area contributed by atoms with Gasteiger partial charge in [0.1, 0.15) is 11.5 Å². The predicted octanol–water partition coefficient (Wildman–Crippen LogP) is 7.19. The molecular formula is C24H17Cl3FN5. The summed E-state index contributed by atoms with van der Waals surface area (Å²) >= 11 is 19.1. The van der Waals surface area contributed by atoms with Gasteiger partial charge in [0, 0.05) is 31.4 Å². The summed E-state index contributed by atoms with van der Waals surface area (Å²) in [6.45, 7) is 0. The molecule has 9 heteroatoms. The van der Waals surface area contributed by atoms with Crippen molar-refractivity contribution >= 4 is 46.8 Å². The Hall–Kier alpha value is -3.06. The first-order valence-corrected chi connectivity index (χ1v) is 10.9. The Morgan fingerprint density at radius 1 is 0.909 bits per heavy atom. The first-order chi connectivity index (χ1) is 15.8. The third kappa shape index (κ3) is 4.98. The number of benzene rings is 2. The van der Waals surface area contributed by atoms with Crippen molar-refractivity contribution in [1.82, 2.24) is 20.1 Å². The maximum atomic E-state index is 14.8. The molecule has 0 aliphatic rings. The lowest BCUT2D eigenvalue weighted by Gasteiger charge is -2.16. The quantitative estimate of drug-likeness (QED) is 0.215. The van der Waals surface area contributed by atoms with Crippen LogP contribution in [0.25, 0.3) is 33.6 Å². The summed E-state index contributed by atoms with van der Waals surface area (Å²) < 4.78 is 14.8. The number of aromatic nitrogens is 3. The molecule has 0 amide bonds. The maximum Gasteiger partial charge on any atom is 0.161 e. The maximum absolute atomic E-state index is 14.8. The SMILES string of the molecule is CN(C)C=Nc1cccc(-c2c(-c3ccccc3F)nnc(Cl)c2-c2ncc(Cl)cc2Cl)c1. The smallest absolute Gasteiger partial charge is 0.161 e. The molecular weight excluding hydrogens is 484 g/mol. The van der Waals surface area contributed by atoms with Crippen LogP contribution in [0.15, 0.2) is 65.8 Å². The van der Waals surface area contributed by atoms with Crippen LogP contribution < -0.4 is 0 Å². The minimum Gasteiger partial charge on any atom is -0.369 e. The lowest BCUT2D eigenvalue weighted by molar-refractivity contribution is 0.630. The van der Waals surface area contributed by atoms with Crippen LogP contribution in [0.1, 0.15) is 0 Å². The summed E-state index contributed by atoms with van der Waals surface area (Å²) in [5.41, 5.74) is 3.25. The molecule has 0 N–H and O–H groups in total. The van der Waals surface area contributed by atoms with Gasteiger partial charge in [-0.1, -0.05) is 59.1 Å². The Bertz CT molecular complexity index is 1360. The molecule has 0 bridgehead atoms. The Balaban J connectivity index is 2.06. The van der Waals surface area contributed by atoms with Gasteiger partial charge in [-0.15, -0.1) is 10.2 Å². The number of hydrogen-bond acceptors (Lipinski definition) is 4. The van der Waals surface area contributed by atoms with Crippen LogP contribution in [0, 0.1) is 5.82 Å². The number of hydrogen-bond donors (Lipinski definition) is 0. The average molecular weight is 501 g/mol. The van der Waals surface area contributed by atoms with Crippen LogP contribution in [0.3, 0.4) is 0 Å². The van der Waals surface area contributed by atoms with E-state index >= 15 is 0 Å². The fourth-order valence-electron chi connectivity index (χ4n) is 3.28. The zero-order chi connectivity index (χ0) is 23.5. The minimum absolute atomic E-state index is 0.0732. The van der Waals surface area contributed by atoms with E-state index in [-0.39, 0.29) is 15.7 Å². The van der Waals surface area contributed by atoms with Crippen LogP contribution in [0.2, 0.25) is 15.2 Å². The number of aliphatic imine (C=N–C) groups is 1. The van der Waals surface area contributed by atoms with E-state index in [0.717, 1.165) is 0 Å². The highest BCUT2D eigenvalue weighted by Crippen LogP contribution is 2.44. The number of pyridine rings is 1. The Labute approximate surface area is 205 Å². The van der Waals surface area contributed by atoms with Crippen molar-refractivity contribution < 1.29 is 4.39 Å². The molecule has 0 unspecified atom stereocenters. The van der Waals surface area contributed by atoms with Gasteiger partial charge >= 0.3 is 0 Å². The molecule has 0 spiro atoms. The van der Waals surface area contributed by atoms with Crippen LogP contribution in [0.5, 0.6) is 0 Å². The Morgan fingerprint density at radius 2 is 1.70 bits per heavy atom. The predicted molar refractivity (Wildman–Crippen MR) is 133 cm³/mol. The molecule has 33 heavy (non-hydrogen) atoms. The van der Waals surface area contributed by atoms with Gasteiger partial charge in [-0.3, -0.25) is 4.98 Å². The molecule has 0 aliphatic heterocycles. The monoisotopic (exact) mass is 499 g/mol. The zero-order valence-corrected chi connectivity index (χ0v) is 19.9. The molecule has 0 saturated carbocycles. The number of rotatable bonds is 5. The van der Waals surface area contributed by atoms with Gasteiger partial charge in [-0.25, -0.2) is 9.38 Å². The molecule has 0 aliphatic carbocycles. The first-order valence-electron chi connectivity index (χ1n) is 9.78. The molecule has 166 valence electrons. The first kappa shape index (κ1) is 23.1. The van der Waals surface area contributed by atoms with Gasteiger partial charge < -0.3 is 4.90 Å². The topological polar surface area (TPSA) is 54.3 Å². The van der Waals surface area contributed by atoms with Crippen molar-refractivity contribution in [2.24, 2.45) is 4.99 Å². The van der Waals surface area contributed by atoms with Crippen LogP contribution >= 0.6 is 34.8 Å². The summed E-state index contributed by atoms with van der Waals surface area (Å²) in [4.78, 5) is 10.7. The van der Waals surface area contributed by atoms with Crippen molar-refractivity contribution in [2.45, 2.75) is 0 Å². The number of nitrogens with zero attached hydrogens (tertiary/aromatic N) is 5. The third-order valence-electron chi connectivity index (χ3n) is 4.68. The van der Waals surface area contributed by atoms with E-state index < -0.39 is 5.82 Å². The van der Waals surface area contributed by atoms with Crippen molar-refractivity contribution in [1.29, 1.82) is 0 Å². The molecule has 0 fully saturated rings. The lowest BCUT2D eigenvalue weighted by atomic mass is 9.93. The van der Waals surface area contributed by atoms with E-state index in [1.165, 1.54) is 12.3 Å². The van der Waals surface area contributed by atoms with Gasteiger partial charge in [-0.05, 0) is 35.9 Å². The largest absolute Gasteiger partial charge is 0.369 e. The van der Waals surface area contributed by atoms with E-state index in [0.29, 0.717) is 38.8 Å². The van der Waals surface area contributed by atoms with Crippen molar-refractivity contribution in [3.63, 3.8) is 0 Å². The van der Waals surface area contributed by atoms with Gasteiger partial charge in [0.25, 0.3) is 0 Å². The highest BCUT2D eigenvalue weighted by atomic mass is 35.5. The van der Waals surface area contributed by atoms with E-state index in [1.54, 1.807) is 30.6 Å². The van der Waals surface area contributed by atoms with Crippen molar-refractivity contribution in [2.75, 3.05) is 14.1 Å². The fraction of sp³-hybridized carbons (Fsp3) is 0.0833. The van der Waals surface area contributed by atoms with Gasteiger partial charge in [0.15, 0.2) is 5.15 Å². The summed E-state index contributed by atoms with van der Waals surface area (Å²) in [7, 11) is 3.75. The molecule has 2 aromatic carbocycles. The van der Waals surface area contributed by atoms with E-state index in [9.17, 15) is 4.39 Å². The van der Waals surface area contributed by atoms with Crippen LogP contribution in [-0.4, -0.2) is 40.5 Å². The Morgan fingerprint density at radius 3 is 2.42 bits per heavy atom. The fourth-order valence-corrected chi connectivity index (χ4v) is 3.97. The molecule has 5 nitrogen and oxygen atoms in total. The normalized spacial score (nSPS) is 11.2. The molecule has 0 atom stereocenters. The lowest BCUT2D eigenvalue weighted by Crippen LogP contribution is -2.06. The standard InChI is InChI=1S/C24H17Cl3FN5/c1-33(2)13-30-16-7-5-6-14(10-16)20-21(23-18(26)11-15(25)12-29-23)24(27)32-31-22(20)17-8-3-4-9-19(17)28/h3-13H,1-2H3. The second-order valence-electron chi connectivity index (χ2n) is 7.31. The van der Waals surface area contributed by atoms with Gasteiger partial charge in [0.2, 0.25) is 0 Å². The summed E-state index contributed by atoms with van der Waals surface area (Å²) in [6.07, 6.45) is 3.15. The number of halogens is 4. The van der Waals surface area contributed by atoms with Crippen LogP contribution in [0.4, 0.5) is 10.1 Å². The molecule has 4 rings (SSSR count).